The zero-order chi connectivity index (χ0) is 65.5. The van der Waals surface area contributed by atoms with Gasteiger partial charge in [-0.2, -0.15) is 0 Å². The molecule has 94 heavy (non-hydrogen) atoms. The van der Waals surface area contributed by atoms with Crippen molar-refractivity contribution in [3.05, 3.63) is 265 Å². The van der Waals surface area contributed by atoms with Crippen molar-refractivity contribution in [2.24, 2.45) is 0 Å². The Kier molecular flexibility index (Phi) is 14.2. The molecule has 14 aromatic carbocycles. The molecule has 0 saturated carbocycles. The smallest absolute Gasteiger partial charge is 0.494 e. The van der Waals surface area contributed by atoms with Gasteiger partial charge in [-0.25, -0.2) is 0 Å². The van der Waals surface area contributed by atoms with E-state index >= 15 is 0 Å². The van der Waals surface area contributed by atoms with Crippen LogP contribution in [0.4, 0.5) is 11.4 Å². The zero-order valence-corrected chi connectivity index (χ0v) is 55.5. The third-order valence-electron chi connectivity index (χ3n) is 20.6. The van der Waals surface area contributed by atoms with E-state index in [1.807, 2.05) is 18.2 Å². The van der Waals surface area contributed by atoms with Gasteiger partial charge in [0.2, 0.25) is 0 Å². The first-order chi connectivity index (χ1) is 45.1. The topological polar surface area (TPSA) is 123 Å². The van der Waals surface area contributed by atoms with Crippen LogP contribution < -0.4 is 14.9 Å². The molecule has 1 heterocycles. The molecule has 0 N–H and O–H groups in total. The fraction of sp³-hybridized carbons (Fsp3) is 0.171. The molecule has 1 saturated heterocycles. The van der Waals surface area contributed by atoms with E-state index in [2.05, 4.69) is 235 Å². The lowest BCUT2D eigenvalue weighted by Crippen LogP contribution is -2.41. The molecule has 14 aromatic rings. The summed E-state index contributed by atoms with van der Waals surface area (Å²) in [5.74, 6) is 1.78. The Hall–Kier alpha value is -9.98. The second-order valence-electron chi connectivity index (χ2n) is 27.0. The van der Waals surface area contributed by atoms with Gasteiger partial charge in [-0.1, -0.05) is 179 Å². The monoisotopic (exact) mass is 1300 g/mol. The largest absolute Gasteiger partial charge is 0.496 e. The standard InChI is InChI=1S/C38H35BO3.C38H27NO3.C6H4BrNO2/c1-36(2)32-17-16-22(39-41-37(3,4)38(5,6)42-39)18-28(32)29-19-27-23-12-8-9-13-24(23)31-21-34(40-7)25-14-10-11-15-26(25)35(31)30(27)20-33(29)36;1-38(2)33-17-16-22(23-10-8-9-15-35(23)39(40)41)18-29(33)30-19-28-24-11-4-5-12-25(24)32-21-36(42-3)26-13-6-7-14-27(26)37(32)31(28)20-34(30)38;7-5-3-1-2-4-6(5)8(9)10/h8-21H,1-7H3;4-21H,1-3H3;1-4H. The van der Waals surface area contributed by atoms with E-state index in [9.17, 15) is 20.2 Å². The maximum Gasteiger partial charge on any atom is 0.494 e. The third-order valence-corrected chi connectivity index (χ3v) is 21.3. The minimum absolute atomic E-state index is 0.0995. The number of nitrogens with zero attached hydrogens (tertiary/aromatic N) is 2. The Morgan fingerprint density at radius 2 is 0.734 bits per heavy atom. The molecule has 2 aliphatic carbocycles. The van der Waals surface area contributed by atoms with Crippen LogP contribution in [0.25, 0.3) is 120 Å². The number of nitro benzene ring substituents is 2. The summed E-state index contributed by atoms with van der Waals surface area (Å²) in [6.07, 6.45) is 0. The van der Waals surface area contributed by atoms with E-state index in [0.29, 0.717) is 10.0 Å². The van der Waals surface area contributed by atoms with Gasteiger partial charge in [0, 0.05) is 33.7 Å². The van der Waals surface area contributed by atoms with Crippen molar-refractivity contribution in [2.75, 3.05) is 14.2 Å². The van der Waals surface area contributed by atoms with Crippen molar-refractivity contribution in [1.29, 1.82) is 0 Å². The van der Waals surface area contributed by atoms with Crippen molar-refractivity contribution in [3.63, 3.8) is 0 Å². The number of nitro groups is 2. The molecule has 0 atom stereocenters. The van der Waals surface area contributed by atoms with Crippen molar-refractivity contribution in [1.82, 2.24) is 0 Å². The number of fused-ring (bicyclic) bond motifs is 22. The van der Waals surface area contributed by atoms with E-state index in [-0.39, 0.29) is 45.4 Å². The zero-order valence-electron chi connectivity index (χ0n) is 53.9. The lowest BCUT2D eigenvalue weighted by molar-refractivity contribution is -0.385. The van der Waals surface area contributed by atoms with Gasteiger partial charge in [0.15, 0.2) is 0 Å². The molecule has 12 heteroatoms. The fourth-order valence-corrected chi connectivity index (χ4v) is 15.6. The molecule has 0 aromatic heterocycles. The summed E-state index contributed by atoms with van der Waals surface area (Å²) in [4.78, 5) is 21.3. The lowest BCUT2D eigenvalue weighted by Gasteiger charge is -2.32. The highest BCUT2D eigenvalue weighted by Crippen LogP contribution is 2.55. The summed E-state index contributed by atoms with van der Waals surface area (Å²) in [6.45, 7) is 17.7. The number of halogens is 1. The Balaban J connectivity index is 0.000000135. The Bertz CT molecular complexity index is 5580. The quantitative estimate of drug-likeness (QED) is 0.0698. The number of benzene rings is 14. The van der Waals surface area contributed by atoms with Crippen LogP contribution in [0.1, 0.15) is 77.6 Å². The van der Waals surface area contributed by atoms with E-state index in [1.165, 1.54) is 120 Å². The van der Waals surface area contributed by atoms with Crippen LogP contribution >= 0.6 is 15.9 Å². The maximum absolute atomic E-state index is 11.8. The lowest BCUT2D eigenvalue weighted by atomic mass is 9.76. The first-order valence-electron chi connectivity index (χ1n) is 31.7. The van der Waals surface area contributed by atoms with Crippen LogP contribution in [0.3, 0.4) is 0 Å². The molecule has 462 valence electrons. The predicted octanol–water partition coefficient (Wildman–Crippen LogP) is 21.5. The summed E-state index contributed by atoms with van der Waals surface area (Å²) in [5, 5.41) is 41.5. The molecule has 10 nitrogen and oxygen atoms in total. The molecule has 0 radical (unpaired) electrons. The summed E-state index contributed by atoms with van der Waals surface area (Å²) in [5.41, 5.74) is 11.7. The minimum atomic E-state index is -0.427. The van der Waals surface area contributed by atoms with Crippen LogP contribution in [0.5, 0.6) is 11.5 Å². The van der Waals surface area contributed by atoms with Crippen molar-refractivity contribution in [3.8, 4) is 44.9 Å². The van der Waals surface area contributed by atoms with Gasteiger partial charge >= 0.3 is 7.12 Å². The van der Waals surface area contributed by atoms with Gasteiger partial charge in [-0.3, -0.25) is 20.2 Å². The molecule has 0 spiro atoms. The normalized spacial score (nSPS) is 15.2. The van der Waals surface area contributed by atoms with E-state index in [4.69, 9.17) is 18.8 Å². The van der Waals surface area contributed by atoms with Crippen LogP contribution in [0, 0.1) is 20.2 Å². The predicted molar refractivity (Wildman–Crippen MR) is 390 cm³/mol. The first-order valence-corrected chi connectivity index (χ1v) is 32.5. The molecule has 0 unspecified atom stereocenters. The van der Waals surface area contributed by atoms with Gasteiger partial charge in [-0.15, -0.1) is 0 Å². The number of ether oxygens (including phenoxy) is 2. The summed E-state index contributed by atoms with van der Waals surface area (Å²) in [7, 11) is 3.11. The molecular formula is C82H66BBrN2O8. The Labute approximate surface area is 553 Å². The van der Waals surface area contributed by atoms with Crippen molar-refractivity contribution < 1.29 is 28.6 Å². The van der Waals surface area contributed by atoms with Crippen LogP contribution in [-0.4, -0.2) is 42.4 Å². The molecule has 3 aliphatic rings. The van der Waals surface area contributed by atoms with Crippen molar-refractivity contribution in [2.45, 2.75) is 77.4 Å². The average molecular weight is 1300 g/mol. The van der Waals surface area contributed by atoms with Gasteiger partial charge in [-0.05, 0) is 229 Å². The van der Waals surface area contributed by atoms with E-state index in [1.54, 1.807) is 44.6 Å². The number of methoxy groups -OCH3 is 2. The van der Waals surface area contributed by atoms with E-state index in [0.717, 1.165) is 38.9 Å². The average Bonchev–Trinajstić information content (AvgIpc) is 1.34. The van der Waals surface area contributed by atoms with Gasteiger partial charge < -0.3 is 18.8 Å². The van der Waals surface area contributed by atoms with Crippen LogP contribution in [-0.2, 0) is 20.1 Å². The highest BCUT2D eigenvalue weighted by molar-refractivity contribution is 9.10. The van der Waals surface area contributed by atoms with Crippen molar-refractivity contribution >= 4 is 126 Å². The molecular weight excluding hydrogens is 1230 g/mol. The molecule has 0 bridgehead atoms. The Morgan fingerprint density at radius 1 is 0.362 bits per heavy atom. The van der Waals surface area contributed by atoms with Gasteiger partial charge in [0.1, 0.15) is 11.5 Å². The second kappa shape index (κ2) is 22.1. The number of para-hydroxylation sites is 2. The van der Waals surface area contributed by atoms with Crippen LogP contribution in [0.2, 0.25) is 0 Å². The van der Waals surface area contributed by atoms with Crippen LogP contribution in [0.15, 0.2) is 223 Å². The highest BCUT2D eigenvalue weighted by Gasteiger charge is 2.52. The minimum Gasteiger partial charge on any atom is -0.496 e. The van der Waals surface area contributed by atoms with Gasteiger partial charge in [0.05, 0.1) is 45.3 Å². The Morgan fingerprint density at radius 3 is 1.18 bits per heavy atom. The number of hydrogen-bond donors (Lipinski definition) is 0. The molecule has 1 aliphatic heterocycles. The van der Waals surface area contributed by atoms with E-state index < -0.39 is 4.92 Å². The second-order valence-corrected chi connectivity index (χ2v) is 27.8. The SMILES string of the molecule is COc1cc2c3ccccc3c3cc4c(cc3c2c2ccccc12)C(C)(C)c1ccc(-c2ccccc2[N+](=O)[O-])cc1-4.COc1cc2c3ccccc3c3cc4c(cc3c2c2ccccc12)C(C)(C)c1ccc(B2OC(C)(C)C(C)(C)O2)cc1-4.O=[N+]([O-])c1ccccc1Br. The molecule has 1 fully saturated rings. The fourth-order valence-electron chi connectivity index (χ4n) is 15.2. The third kappa shape index (κ3) is 9.27. The molecule has 17 rings (SSSR count). The number of rotatable bonds is 6. The summed E-state index contributed by atoms with van der Waals surface area (Å²) < 4.78 is 25.2. The molecule has 0 amide bonds. The maximum atomic E-state index is 11.8. The summed E-state index contributed by atoms with van der Waals surface area (Å²) in [6, 6.07) is 75.1. The van der Waals surface area contributed by atoms with Gasteiger partial charge in [0.25, 0.3) is 11.4 Å². The first kappa shape index (κ1) is 60.3. The summed E-state index contributed by atoms with van der Waals surface area (Å²) >= 11 is 3.06. The highest BCUT2D eigenvalue weighted by atomic mass is 79.9. The number of hydrogen-bond acceptors (Lipinski definition) is 8.